The average Bonchev–Trinajstić information content (AvgIpc) is 2.69. The van der Waals surface area contributed by atoms with Crippen LogP contribution in [0.5, 0.6) is 0 Å². The average molecular weight is 447 g/mol. The summed E-state index contributed by atoms with van der Waals surface area (Å²) in [5.74, 6) is -4.10. The Morgan fingerprint density at radius 3 is 1.90 bits per heavy atom. The number of halogens is 1. The van der Waals surface area contributed by atoms with Crippen molar-refractivity contribution in [2.24, 2.45) is 11.3 Å². The highest BCUT2D eigenvalue weighted by atomic mass is 31.2. The molecule has 1 rings (SSSR count). The van der Waals surface area contributed by atoms with Gasteiger partial charge in [-0.3, -0.25) is 19.5 Å². The highest BCUT2D eigenvalue weighted by Gasteiger charge is 2.45. The summed E-state index contributed by atoms with van der Waals surface area (Å²) in [4.78, 5) is 24.4. The molecule has 0 fully saturated rings. The molecule has 0 aromatic heterocycles. The Morgan fingerprint density at radius 1 is 1.03 bits per heavy atom. The summed E-state index contributed by atoms with van der Waals surface area (Å²) in [6.45, 7) is 7.02. The van der Waals surface area contributed by atoms with Gasteiger partial charge in [-0.2, -0.15) is 0 Å². The maximum atomic E-state index is 13.5. The van der Waals surface area contributed by atoms with E-state index in [0.717, 1.165) is 0 Å². The highest BCUT2D eigenvalue weighted by Crippen LogP contribution is 2.59. The maximum Gasteiger partial charge on any atom is 0.351 e. The molecule has 0 aliphatic rings. The summed E-state index contributed by atoms with van der Waals surface area (Å²) in [5, 5.41) is 3.09. The molecule has 1 atom stereocenters. The zero-order valence-electron chi connectivity index (χ0n) is 18.3. The number of esters is 2. The molecule has 0 radical (unpaired) electrons. The van der Waals surface area contributed by atoms with Gasteiger partial charge in [0.1, 0.15) is 11.6 Å². The normalized spacial score (nSPS) is 13.2. The summed E-state index contributed by atoms with van der Waals surface area (Å²) in [5.41, 5.74) is -0.507. The first-order chi connectivity index (χ1) is 14.1. The number of hydrogen-bond acceptors (Lipinski definition) is 8. The zero-order valence-corrected chi connectivity index (χ0v) is 19.2. The Morgan fingerprint density at radius 2 is 1.50 bits per heavy atom. The van der Waals surface area contributed by atoms with Gasteiger partial charge in [-0.25, -0.2) is 4.39 Å². The monoisotopic (exact) mass is 447 g/mol. The molecule has 1 aromatic carbocycles. The molecular weight excluding hydrogens is 416 g/mol. The van der Waals surface area contributed by atoms with Crippen LogP contribution < -0.4 is 5.32 Å². The first-order valence-corrected chi connectivity index (χ1v) is 11.2. The van der Waals surface area contributed by atoms with Crippen LogP contribution in [0.25, 0.3) is 0 Å². The predicted molar refractivity (Wildman–Crippen MR) is 109 cm³/mol. The minimum Gasteiger partial charge on any atom is -0.468 e. The highest BCUT2D eigenvalue weighted by molar-refractivity contribution is 7.54. The van der Waals surface area contributed by atoms with Crippen LogP contribution in [0, 0.1) is 17.2 Å². The van der Waals surface area contributed by atoms with E-state index in [2.05, 4.69) is 5.32 Å². The van der Waals surface area contributed by atoms with Crippen LogP contribution in [0.2, 0.25) is 0 Å². The quantitative estimate of drug-likeness (QED) is 0.294. The Bertz CT molecular complexity index is 728. The summed E-state index contributed by atoms with van der Waals surface area (Å²) in [7, 11) is -1.35. The van der Waals surface area contributed by atoms with Gasteiger partial charge >= 0.3 is 19.5 Å². The minimum atomic E-state index is -3.71. The number of benzene rings is 1. The van der Waals surface area contributed by atoms with Crippen molar-refractivity contribution in [1.29, 1.82) is 0 Å². The fraction of sp³-hybridized carbons (Fsp3) is 0.600. The molecular formula is C20H31FNO7P. The molecule has 0 aliphatic heterocycles. The standard InChI is InChI=1S/C20H31FNO7P/c1-7-28-30(25,29-8-2)17(14-9-11-15(21)12-10-14)22-13-20(3,4)16(18(23)26-5)19(24)27-6/h9-12,16-17,22H,7-8,13H2,1-6H3. The SMILES string of the molecule is CCOP(=O)(OCC)C(NCC(C)(C)C(C(=O)OC)C(=O)OC)c1ccc(F)cc1. The lowest BCUT2D eigenvalue weighted by molar-refractivity contribution is -0.164. The zero-order chi connectivity index (χ0) is 22.9. The lowest BCUT2D eigenvalue weighted by Crippen LogP contribution is -2.45. The Kier molecular flexibility index (Phi) is 10.1. The van der Waals surface area contributed by atoms with Crippen LogP contribution in [-0.2, 0) is 32.7 Å². The molecule has 0 heterocycles. The van der Waals surface area contributed by atoms with Crippen LogP contribution in [-0.4, -0.2) is 45.9 Å². The first-order valence-electron chi connectivity index (χ1n) is 9.59. The van der Waals surface area contributed by atoms with Crippen molar-refractivity contribution in [2.45, 2.75) is 33.5 Å². The third kappa shape index (κ3) is 6.60. The van der Waals surface area contributed by atoms with Crippen molar-refractivity contribution in [3.05, 3.63) is 35.6 Å². The summed E-state index contributed by atoms with van der Waals surface area (Å²) >= 11 is 0. The predicted octanol–water partition coefficient (Wildman–Crippen LogP) is 3.67. The molecule has 0 spiro atoms. The van der Waals surface area contributed by atoms with Gasteiger partial charge in [0.15, 0.2) is 5.92 Å². The molecule has 30 heavy (non-hydrogen) atoms. The molecule has 0 amide bonds. The Balaban J connectivity index is 3.29. The number of rotatable bonds is 12. The largest absolute Gasteiger partial charge is 0.468 e. The molecule has 0 aliphatic carbocycles. The molecule has 1 unspecified atom stereocenters. The second-order valence-corrected chi connectivity index (χ2v) is 9.29. The van der Waals surface area contributed by atoms with Crippen molar-refractivity contribution < 1.29 is 37.1 Å². The third-order valence-corrected chi connectivity index (χ3v) is 6.88. The van der Waals surface area contributed by atoms with Crippen molar-refractivity contribution >= 4 is 19.5 Å². The topological polar surface area (TPSA) is 100 Å². The van der Waals surface area contributed by atoms with E-state index in [4.69, 9.17) is 18.5 Å². The molecule has 1 N–H and O–H groups in total. The molecule has 0 saturated carbocycles. The van der Waals surface area contributed by atoms with E-state index in [-0.39, 0.29) is 19.8 Å². The van der Waals surface area contributed by atoms with Crippen LogP contribution >= 0.6 is 7.60 Å². The van der Waals surface area contributed by atoms with Crippen molar-refractivity contribution in [3.8, 4) is 0 Å². The van der Waals surface area contributed by atoms with E-state index >= 15 is 0 Å². The number of methoxy groups -OCH3 is 2. The molecule has 10 heteroatoms. The number of carbonyl (C=O) groups is 2. The van der Waals surface area contributed by atoms with Gasteiger partial charge in [0.05, 0.1) is 27.4 Å². The Labute approximate surface area is 176 Å². The van der Waals surface area contributed by atoms with Crippen LogP contribution in [0.4, 0.5) is 4.39 Å². The summed E-state index contributed by atoms with van der Waals surface area (Å²) < 4.78 is 47.4. The van der Waals surface area contributed by atoms with Crippen LogP contribution in [0.1, 0.15) is 39.0 Å². The fourth-order valence-electron chi connectivity index (χ4n) is 3.04. The lowest BCUT2D eigenvalue weighted by Gasteiger charge is -2.34. The molecule has 170 valence electrons. The smallest absolute Gasteiger partial charge is 0.351 e. The van der Waals surface area contributed by atoms with Crippen LogP contribution in [0.3, 0.4) is 0 Å². The molecule has 0 saturated heterocycles. The Hall–Kier alpha value is -1.80. The van der Waals surface area contributed by atoms with E-state index in [1.165, 1.54) is 38.5 Å². The second-order valence-electron chi connectivity index (χ2n) is 7.18. The molecule has 1 aromatic rings. The van der Waals surface area contributed by atoms with Crippen LogP contribution in [0.15, 0.2) is 24.3 Å². The number of hydrogen-bond donors (Lipinski definition) is 1. The number of carbonyl (C=O) groups excluding carboxylic acids is 2. The second kappa shape index (κ2) is 11.6. The van der Waals surface area contributed by atoms with E-state index in [9.17, 15) is 18.5 Å². The van der Waals surface area contributed by atoms with E-state index < -0.39 is 42.5 Å². The minimum absolute atomic E-state index is 0.0497. The van der Waals surface area contributed by atoms with Crippen molar-refractivity contribution in [2.75, 3.05) is 34.0 Å². The summed E-state index contributed by atoms with van der Waals surface area (Å²) in [6.07, 6.45) is 0. The fourth-order valence-corrected chi connectivity index (χ4v) is 4.98. The van der Waals surface area contributed by atoms with Gasteiger partial charge in [-0.1, -0.05) is 26.0 Å². The van der Waals surface area contributed by atoms with Gasteiger partial charge in [0.2, 0.25) is 0 Å². The lowest BCUT2D eigenvalue weighted by atomic mass is 9.78. The maximum absolute atomic E-state index is 13.5. The number of ether oxygens (including phenoxy) is 2. The molecule has 8 nitrogen and oxygen atoms in total. The van der Waals surface area contributed by atoms with E-state index in [1.54, 1.807) is 27.7 Å². The number of nitrogens with one attached hydrogen (secondary N) is 1. The van der Waals surface area contributed by atoms with Gasteiger partial charge in [-0.15, -0.1) is 0 Å². The first kappa shape index (κ1) is 26.2. The van der Waals surface area contributed by atoms with Gasteiger partial charge in [0, 0.05) is 12.0 Å². The van der Waals surface area contributed by atoms with Gasteiger partial charge < -0.3 is 18.5 Å². The summed E-state index contributed by atoms with van der Waals surface area (Å²) in [6, 6.07) is 5.43. The van der Waals surface area contributed by atoms with E-state index in [0.29, 0.717) is 5.56 Å². The van der Waals surface area contributed by atoms with Gasteiger partial charge in [0.25, 0.3) is 0 Å². The van der Waals surface area contributed by atoms with E-state index in [1.807, 2.05) is 0 Å². The third-order valence-electron chi connectivity index (χ3n) is 4.53. The molecule has 0 bridgehead atoms. The van der Waals surface area contributed by atoms with Crippen molar-refractivity contribution in [3.63, 3.8) is 0 Å². The van der Waals surface area contributed by atoms with Crippen molar-refractivity contribution in [1.82, 2.24) is 5.32 Å². The van der Waals surface area contributed by atoms with Gasteiger partial charge in [-0.05, 0) is 31.5 Å².